The summed E-state index contributed by atoms with van der Waals surface area (Å²) < 4.78 is 4.70. The van der Waals surface area contributed by atoms with Crippen molar-refractivity contribution in [3.8, 4) is 0 Å². The molecule has 18 heavy (non-hydrogen) atoms. The van der Waals surface area contributed by atoms with E-state index in [4.69, 9.17) is 4.74 Å². The normalized spacial score (nSPS) is 19.0. The molecule has 0 saturated carbocycles. The van der Waals surface area contributed by atoms with Crippen molar-refractivity contribution >= 4 is 11.7 Å². The molecule has 0 aliphatic carbocycles. The lowest BCUT2D eigenvalue weighted by Crippen LogP contribution is -2.36. The van der Waals surface area contributed by atoms with Crippen LogP contribution in [0.15, 0.2) is 18.3 Å². The van der Waals surface area contributed by atoms with Crippen LogP contribution in [0.5, 0.6) is 0 Å². The van der Waals surface area contributed by atoms with Gasteiger partial charge in [0.05, 0.1) is 7.11 Å². The van der Waals surface area contributed by atoms with Gasteiger partial charge in [0.1, 0.15) is 5.69 Å². The van der Waals surface area contributed by atoms with E-state index in [0.717, 1.165) is 18.8 Å². The van der Waals surface area contributed by atoms with Crippen LogP contribution in [-0.2, 0) is 4.74 Å². The van der Waals surface area contributed by atoms with Gasteiger partial charge in [-0.15, -0.1) is 0 Å². The number of anilines is 1. The average Bonchev–Trinajstić information content (AvgIpc) is 2.87. The van der Waals surface area contributed by atoms with Crippen molar-refractivity contribution in [2.75, 3.05) is 32.1 Å². The number of nitrogens with one attached hydrogen (secondary N) is 1. The molecule has 1 aliphatic rings. The Morgan fingerprint density at radius 1 is 1.67 bits per heavy atom. The maximum atomic E-state index is 11.5. The molecule has 1 aliphatic heterocycles. The van der Waals surface area contributed by atoms with Gasteiger partial charge in [-0.05, 0) is 32.0 Å². The highest BCUT2D eigenvalue weighted by molar-refractivity contribution is 5.88. The molecular formula is C13H19N3O2. The molecule has 1 unspecified atom stereocenters. The predicted molar refractivity (Wildman–Crippen MR) is 69.9 cm³/mol. The predicted octanol–water partition coefficient (Wildman–Crippen LogP) is 1.06. The van der Waals surface area contributed by atoms with Crippen LogP contribution in [0, 0.1) is 0 Å². The van der Waals surface area contributed by atoms with E-state index < -0.39 is 0 Å². The Balaban J connectivity index is 2.19. The van der Waals surface area contributed by atoms with E-state index in [9.17, 15) is 4.79 Å². The second-order valence-electron chi connectivity index (χ2n) is 4.44. The molecule has 0 aromatic carbocycles. The lowest BCUT2D eigenvalue weighted by molar-refractivity contribution is 0.0594. The second-order valence-corrected chi connectivity index (χ2v) is 4.44. The van der Waals surface area contributed by atoms with Gasteiger partial charge in [0.25, 0.3) is 0 Å². The SMILES string of the molecule is CNCC1CCCN1c1ccnc(C(=O)OC)c1. The number of methoxy groups -OCH3 is 1. The van der Waals surface area contributed by atoms with Crippen LogP contribution in [0.2, 0.25) is 0 Å². The van der Waals surface area contributed by atoms with Crippen LogP contribution in [0.1, 0.15) is 23.3 Å². The van der Waals surface area contributed by atoms with Crippen molar-refractivity contribution in [2.24, 2.45) is 0 Å². The quantitative estimate of drug-likeness (QED) is 0.809. The summed E-state index contributed by atoms with van der Waals surface area (Å²) in [7, 11) is 3.33. The summed E-state index contributed by atoms with van der Waals surface area (Å²) in [6.45, 7) is 1.98. The number of esters is 1. The maximum absolute atomic E-state index is 11.5. The number of carbonyl (C=O) groups is 1. The molecule has 5 heteroatoms. The Labute approximate surface area is 107 Å². The molecule has 98 valence electrons. The van der Waals surface area contributed by atoms with Crippen LogP contribution in [0.4, 0.5) is 5.69 Å². The first-order valence-corrected chi connectivity index (χ1v) is 6.22. The van der Waals surface area contributed by atoms with Crippen molar-refractivity contribution in [1.29, 1.82) is 0 Å². The number of pyridine rings is 1. The maximum Gasteiger partial charge on any atom is 0.356 e. The molecule has 0 spiro atoms. The number of hydrogen-bond donors (Lipinski definition) is 1. The molecule has 1 aromatic heterocycles. The van der Waals surface area contributed by atoms with Crippen molar-refractivity contribution in [2.45, 2.75) is 18.9 Å². The molecule has 1 fully saturated rings. The first-order valence-electron chi connectivity index (χ1n) is 6.22. The smallest absolute Gasteiger partial charge is 0.356 e. The molecule has 1 aromatic rings. The van der Waals surface area contributed by atoms with E-state index >= 15 is 0 Å². The number of likely N-dealkylation sites (N-methyl/N-ethyl adjacent to an activating group) is 1. The summed E-state index contributed by atoms with van der Waals surface area (Å²) in [6, 6.07) is 4.24. The highest BCUT2D eigenvalue weighted by atomic mass is 16.5. The van der Waals surface area contributed by atoms with E-state index in [-0.39, 0.29) is 5.97 Å². The van der Waals surface area contributed by atoms with Gasteiger partial charge >= 0.3 is 5.97 Å². The van der Waals surface area contributed by atoms with Crippen LogP contribution in [-0.4, -0.2) is 44.2 Å². The van der Waals surface area contributed by atoms with Crippen molar-refractivity contribution in [3.63, 3.8) is 0 Å². The van der Waals surface area contributed by atoms with Crippen LogP contribution < -0.4 is 10.2 Å². The Morgan fingerprint density at radius 2 is 2.50 bits per heavy atom. The first kappa shape index (κ1) is 12.8. The summed E-state index contributed by atoms with van der Waals surface area (Å²) in [5.41, 5.74) is 1.41. The Bertz CT molecular complexity index is 422. The molecule has 1 N–H and O–H groups in total. The van der Waals surface area contributed by atoms with Gasteiger partial charge in [0, 0.05) is 31.0 Å². The van der Waals surface area contributed by atoms with Gasteiger partial charge in [0.15, 0.2) is 0 Å². The number of aromatic nitrogens is 1. The van der Waals surface area contributed by atoms with E-state index in [2.05, 4.69) is 15.2 Å². The Kier molecular flexibility index (Phi) is 4.15. The van der Waals surface area contributed by atoms with E-state index in [1.54, 1.807) is 12.3 Å². The van der Waals surface area contributed by atoms with E-state index in [0.29, 0.717) is 11.7 Å². The molecule has 2 rings (SSSR count). The molecule has 2 heterocycles. The highest BCUT2D eigenvalue weighted by Crippen LogP contribution is 2.25. The fraction of sp³-hybridized carbons (Fsp3) is 0.538. The minimum absolute atomic E-state index is 0.366. The minimum Gasteiger partial charge on any atom is -0.464 e. The zero-order valence-electron chi connectivity index (χ0n) is 10.8. The topological polar surface area (TPSA) is 54.5 Å². The summed E-state index contributed by atoms with van der Waals surface area (Å²) in [5, 5.41) is 3.21. The first-order chi connectivity index (χ1) is 8.76. The number of rotatable bonds is 4. The molecule has 0 amide bonds. The zero-order valence-corrected chi connectivity index (χ0v) is 10.8. The van der Waals surface area contributed by atoms with Crippen molar-refractivity contribution in [1.82, 2.24) is 10.3 Å². The summed E-state index contributed by atoms with van der Waals surface area (Å²) in [4.78, 5) is 17.8. The number of carbonyl (C=O) groups excluding carboxylic acids is 1. The minimum atomic E-state index is -0.388. The van der Waals surface area contributed by atoms with Gasteiger partial charge in [-0.1, -0.05) is 0 Å². The lowest BCUT2D eigenvalue weighted by Gasteiger charge is -2.26. The van der Waals surface area contributed by atoms with Crippen molar-refractivity contribution < 1.29 is 9.53 Å². The van der Waals surface area contributed by atoms with Crippen LogP contribution >= 0.6 is 0 Å². The number of nitrogens with zero attached hydrogens (tertiary/aromatic N) is 2. The Morgan fingerprint density at radius 3 is 3.22 bits per heavy atom. The standard InChI is InChI=1S/C13H19N3O2/c1-14-9-11-4-3-7-16(11)10-5-6-15-12(8-10)13(17)18-2/h5-6,8,11,14H,3-4,7,9H2,1-2H3. The van der Waals surface area contributed by atoms with Crippen LogP contribution in [0.25, 0.3) is 0 Å². The van der Waals surface area contributed by atoms with E-state index in [1.165, 1.54) is 20.0 Å². The summed E-state index contributed by atoms with van der Waals surface area (Å²) in [5.74, 6) is -0.388. The largest absolute Gasteiger partial charge is 0.464 e. The third-order valence-electron chi connectivity index (χ3n) is 3.29. The Hall–Kier alpha value is -1.62. The third kappa shape index (κ3) is 2.61. The molecule has 1 saturated heterocycles. The van der Waals surface area contributed by atoms with Crippen molar-refractivity contribution in [3.05, 3.63) is 24.0 Å². The van der Waals surface area contributed by atoms with Gasteiger partial charge in [-0.25, -0.2) is 9.78 Å². The highest BCUT2D eigenvalue weighted by Gasteiger charge is 2.24. The van der Waals surface area contributed by atoms with Gasteiger partial charge in [0.2, 0.25) is 0 Å². The fourth-order valence-corrected chi connectivity index (χ4v) is 2.44. The molecule has 5 nitrogen and oxygen atoms in total. The molecule has 0 radical (unpaired) electrons. The number of hydrogen-bond acceptors (Lipinski definition) is 5. The zero-order chi connectivity index (χ0) is 13.0. The fourth-order valence-electron chi connectivity index (χ4n) is 2.44. The van der Waals surface area contributed by atoms with Gasteiger partial charge in [-0.3, -0.25) is 0 Å². The second kappa shape index (κ2) is 5.82. The average molecular weight is 249 g/mol. The molecule has 0 bridgehead atoms. The molecule has 1 atom stereocenters. The summed E-state index contributed by atoms with van der Waals surface area (Å²) in [6.07, 6.45) is 4.02. The summed E-state index contributed by atoms with van der Waals surface area (Å²) >= 11 is 0. The van der Waals surface area contributed by atoms with Crippen LogP contribution in [0.3, 0.4) is 0 Å². The number of ether oxygens (including phenoxy) is 1. The van der Waals surface area contributed by atoms with Gasteiger partial charge < -0.3 is 15.0 Å². The van der Waals surface area contributed by atoms with Gasteiger partial charge in [-0.2, -0.15) is 0 Å². The molecular weight excluding hydrogens is 230 g/mol. The monoisotopic (exact) mass is 249 g/mol. The lowest BCUT2D eigenvalue weighted by atomic mass is 10.2. The third-order valence-corrected chi connectivity index (χ3v) is 3.29. The van der Waals surface area contributed by atoms with E-state index in [1.807, 2.05) is 13.1 Å².